The monoisotopic (exact) mass is 296 g/mol. The molecule has 1 saturated heterocycles. The van der Waals surface area contributed by atoms with Gasteiger partial charge in [0.2, 0.25) is 10.0 Å². The minimum absolute atomic E-state index is 0.300. The minimum Gasteiger partial charge on any atom is -0.398 e. The number of anilines is 1. The van der Waals surface area contributed by atoms with E-state index in [0.29, 0.717) is 29.6 Å². The van der Waals surface area contributed by atoms with Crippen LogP contribution in [0.1, 0.15) is 37.3 Å². The highest BCUT2D eigenvalue weighted by Gasteiger charge is 2.32. The SMILES string of the molecule is CCC1CCCN(S(=O)(=O)c2c(N)ccc(C)c2C)C1. The zero-order valence-corrected chi connectivity index (χ0v) is 13.3. The second-order valence-electron chi connectivity index (χ2n) is 5.71. The summed E-state index contributed by atoms with van der Waals surface area (Å²) in [4.78, 5) is 0.300. The first kappa shape index (κ1) is 15.3. The van der Waals surface area contributed by atoms with Gasteiger partial charge >= 0.3 is 0 Å². The number of nitrogens with zero attached hydrogens (tertiary/aromatic N) is 1. The molecule has 0 spiro atoms. The summed E-state index contributed by atoms with van der Waals surface area (Å²) in [6.45, 7) is 7.09. The summed E-state index contributed by atoms with van der Waals surface area (Å²) >= 11 is 0. The van der Waals surface area contributed by atoms with Gasteiger partial charge in [-0.15, -0.1) is 0 Å². The van der Waals surface area contributed by atoms with Crippen molar-refractivity contribution in [2.75, 3.05) is 18.8 Å². The van der Waals surface area contributed by atoms with Crippen molar-refractivity contribution in [1.29, 1.82) is 0 Å². The fourth-order valence-electron chi connectivity index (χ4n) is 2.86. The van der Waals surface area contributed by atoms with Gasteiger partial charge in [-0.25, -0.2) is 8.42 Å². The van der Waals surface area contributed by atoms with E-state index in [1.807, 2.05) is 19.9 Å². The average Bonchev–Trinajstić information content (AvgIpc) is 2.43. The van der Waals surface area contributed by atoms with E-state index >= 15 is 0 Å². The number of benzene rings is 1. The van der Waals surface area contributed by atoms with Crippen molar-refractivity contribution in [2.24, 2.45) is 5.92 Å². The predicted octanol–water partition coefficient (Wildman–Crippen LogP) is 2.70. The second-order valence-corrected chi connectivity index (χ2v) is 7.58. The molecule has 1 atom stereocenters. The molecule has 1 aromatic carbocycles. The minimum atomic E-state index is -3.48. The molecule has 112 valence electrons. The number of aryl methyl sites for hydroxylation is 1. The third kappa shape index (κ3) is 2.69. The van der Waals surface area contributed by atoms with Gasteiger partial charge in [0.15, 0.2) is 0 Å². The molecule has 1 heterocycles. The summed E-state index contributed by atoms with van der Waals surface area (Å²) in [6.07, 6.45) is 3.07. The average molecular weight is 296 g/mol. The Morgan fingerprint density at radius 2 is 2.05 bits per heavy atom. The molecular weight excluding hydrogens is 272 g/mol. The summed E-state index contributed by atoms with van der Waals surface area (Å²) in [6, 6.07) is 3.56. The van der Waals surface area contributed by atoms with Crippen molar-refractivity contribution in [3.8, 4) is 0 Å². The van der Waals surface area contributed by atoms with E-state index in [1.165, 1.54) is 0 Å². The molecule has 2 rings (SSSR count). The smallest absolute Gasteiger partial charge is 0.245 e. The van der Waals surface area contributed by atoms with Crippen molar-refractivity contribution in [3.05, 3.63) is 23.3 Å². The van der Waals surface area contributed by atoms with Crippen LogP contribution in [-0.4, -0.2) is 25.8 Å². The number of rotatable bonds is 3. The number of hydrogen-bond donors (Lipinski definition) is 1. The molecule has 0 amide bonds. The van der Waals surface area contributed by atoms with Gasteiger partial charge < -0.3 is 5.73 Å². The maximum absolute atomic E-state index is 12.9. The first-order chi connectivity index (χ1) is 9.37. The molecule has 1 unspecified atom stereocenters. The Balaban J connectivity index is 2.43. The quantitative estimate of drug-likeness (QED) is 0.872. The molecule has 0 radical (unpaired) electrons. The Morgan fingerprint density at radius 3 is 2.70 bits per heavy atom. The molecule has 0 saturated carbocycles. The predicted molar refractivity (Wildman–Crippen MR) is 82.1 cm³/mol. The third-order valence-corrected chi connectivity index (χ3v) is 6.43. The topological polar surface area (TPSA) is 63.4 Å². The van der Waals surface area contributed by atoms with E-state index in [0.717, 1.165) is 30.4 Å². The van der Waals surface area contributed by atoms with Crippen LogP contribution in [0.3, 0.4) is 0 Å². The molecule has 0 aliphatic carbocycles. The summed E-state index contributed by atoms with van der Waals surface area (Å²) in [5, 5.41) is 0. The van der Waals surface area contributed by atoms with E-state index in [1.54, 1.807) is 10.4 Å². The molecular formula is C15H24N2O2S. The summed E-state index contributed by atoms with van der Waals surface area (Å²) in [5.41, 5.74) is 8.03. The molecule has 1 fully saturated rings. The lowest BCUT2D eigenvalue weighted by atomic mass is 9.97. The van der Waals surface area contributed by atoms with Crippen LogP contribution in [0.4, 0.5) is 5.69 Å². The van der Waals surface area contributed by atoms with Crippen LogP contribution in [0, 0.1) is 19.8 Å². The van der Waals surface area contributed by atoms with Gasteiger partial charge in [0.1, 0.15) is 4.90 Å². The Kier molecular flexibility index (Phi) is 4.39. The fourth-order valence-corrected chi connectivity index (χ4v) is 4.81. The highest BCUT2D eigenvalue weighted by Crippen LogP contribution is 2.31. The van der Waals surface area contributed by atoms with Crippen molar-refractivity contribution in [1.82, 2.24) is 4.31 Å². The molecule has 5 heteroatoms. The van der Waals surface area contributed by atoms with Crippen LogP contribution in [0.2, 0.25) is 0 Å². The van der Waals surface area contributed by atoms with Gasteiger partial charge in [0.25, 0.3) is 0 Å². The van der Waals surface area contributed by atoms with E-state index in [9.17, 15) is 8.42 Å². The maximum Gasteiger partial charge on any atom is 0.245 e. The van der Waals surface area contributed by atoms with Crippen molar-refractivity contribution >= 4 is 15.7 Å². The molecule has 0 bridgehead atoms. The number of sulfonamides is 1. The van der Waals surface area contributed by atoms with Gasteiger partial charge in [0, 0.05) is 13.1 Å². The van der Waals surface area contributed by atoms with E-state index in [-0.39, 0.29) is 0 Å². The third-order valence-electron chi connectivity index (χ3n) is 4.36. The normalized spacial score (nSPS) is 21.1. The van der Waals surface area contributed by atoms with Crippen LogP contribution < -0.4 is 5.73 Å². The lowest BCUT2D eigenvalue weighted by Crippen LogP contribution is -2.40. The van der Waals surface area contributed by atoms with Gasteiger partial charge in [0.05, 0.1) is 5.69 Å². The molecule has 1 aromatic rings. The van der Waals surface area contributed by atoms with Gasteiger partial charge in [-0.05, 0) is 49.8 Å². The zero-order chi connectivity index (χ0) is 14.9. The van der Waals surface area contributed by atoms with Crippen LogP contribution >= 0.6 is 0 Å². The molecule has 1 aliphatic heterocycles. The Morgan fingerprint density at radius 1 is 1.35 bits per heavy atom. The lowest BCUT2D eigenvalue weighted by molar-refractivity contribution is 0.261. The zero-order valence-electron chi connectivity index (χ0n) is 12.5. The van der Waals surface area contributed by atoms with E-state index in [2.05, 4.69) is 6.92 Å². The molecule has 2 N–H and O–H groups in total. The summed E-state index contributed by atoms with van der Waals surface area (Å²) in [7, 11) is -3.48. The number of piperidine rings is 1. The van der Waals surface area contributed by atoms with Gasteiger partial charge in [-0.2, -0.15) is 4.31 Å². The second kappa shape index (κ2) is 5.74. The van der Waals surface area contributed by atoms with E-state index in [4.69, 9.17) is 5.73 Å². The first-order valence-corrected chi connectivity index (χ1v) is 8.67. The summed E-state index contributed by atoms with van der Waals surface area (Å²) < 4.78 is 27.4. The Hall–Kier alpha value is -1.07. The van der Waals surface area contributed by atoms with Crippen molar-refractivity contribution < 1.29 is 8.42 Å². The Labute approximate surface area is 122 Å². The molecule has 20 heavy (non-hydrogen) atoms. The van der Waals surface area contributed by atoms with Crippen LogP contribution in [0.5, 0.6) is 0 Å². The Bertz CT molecular complexity index is 596. The molecule has 1 aliphatic rings. The number of nitrogen functional groups attached to an aromatic ring is 1. The van der Waals surface area contributed by atoms with Gasteiger partial charge in [-0.3, -0.25) is 0 Å². The van der Waals surface area contributed by atoms with Crippen molar-refractivity contribution in [2.45, 2.75) is 44.9 Å². The largest absolute Gasteiger partial charge is 0.398 e. The van der Waals surface area contributed by atoms with Gasteiger partial charge in [-0.1, -0.05) is 19.4 Å². The maximum atomic E-state index is 12.9. The number of hydrogen-bond acceptors (Lipinski definition) is 3. The highest BCUT2D eigenvalue weighted by molar-refractivity contribution is 7.89. The van der Waals surface area contributed by atoms with Crippen LogP contribution in [0.15, 0.2) is 17.0 Å². The summed E-state index contributed by atoms with van der Waals surface area (Å²) in [5.74, 6) is 0.463. The standard InChI is InChI=1S/C15H24N2O2S/c1-4-13-6-5-9-17(10-13)20(18,19)15-12(3)11(2)7-8-14(15)16/h7-8,13H,4-6,9-10,16H2,1-3H3. The van der Waals surface area contributed by atoms with Crippen molar-refractivity contribution in [3.63, 3.8) is 0 Å². The van der Waals surface area contributed by atoms with Crippen LogP contribution in [-0.2, 0) is 10.0 Å². The highest BCUT2D eigenvalue weighted by atomic mass is 32.2. The van der Waals surface area contributed by atoms with E-state index < -0.39 is 10.0 Å². The lowest BCUT2D eigenvalue weighted by Gasteiger charge is -2.32. The number of nitrogens with two attached hydrogens (primary N) is 1. The fraction of sp³-hybridized carbons (Fsp3) is 0.600. The molecule has 0 aromatic heterocycles. The first-order valence-electron chi connectivity index (χ1n) is 7.23. The molecule has 4 nitrogen and oxygen atoms in total. The van der Waals surface area contributed by atoms with Crippen LogP contribution in [0.25, 0.3) is 0 Å².